The van der Waals surface area contributed by atoms with Crippen LogP contribution in [0.1, 0.15) is 6.42 Å². The van der Waals surface area contributed by atoms with Gasteiger partial charge in [-0.2, -0.15) is 8.75 Å². The molecule has 1 unspecified atom stereocenters. The van der Waals surface area contributed by atoms with Gasteiger partial charge in [-0.1, -0.05) is 11.6 Å². The van der Waals surface area contributed by atoms with Crippen LogP contribution in [0.3, 0.4) is 0 Å². The number of carbonyl (C=O) groups is 1. The second kappa shape index (κ2) is 4.79. The average molecular weight is 283 g/mol. The van der Waals surface area contributed by atoms with Gasteiger partial charge in [-0.15, -0.1) is 0 Å². The first-order chi connectivity index (χ1) is 8.75. The molecule has 2 heterocycles. The van der Waals surface area contributed by atoms with E-state index in [1.807, 2.05) is 0 Å². The summed E-state index contributed by atoms with van der Waals surface area (Å²) in [6.45, 7) is 1.60. The largest absolute Gasteiger partial charge is 0.323 e. The fourth-order valence-electron chi connectivity index (χ4n) is 2.05. The van der Waals surface area contributed by atoms with Crippen LogP contribution < -0.4 is 10.6 Å². The van der Waals surface area contributed by atoms with E-state index in [0.29, 0.717) is 16.2 Å². The van der Waals surface area contributed by atoms with Gasteiger partial charge in [-0.25, -0.2) is 0 Å². The first-order valence-electron chi connectivity index (χ1n) is 5.68. The summed E-state index contributed by atoms with van der Waals surface area (Å²) in [4.78, 5) is 12.1. The average Bonchev–Trinajstić information content (AvgIpc) is 3.02. The summed E-state index contributed by atoms with van der Waals surface area (Å²) in [5.74, 6) is -0.00897. The van der Waals surface area contributed by atoms with Gasteiger partial charge in [0.15, 0.2) is 0 Å². The maximum atomic E-state index is 12.1. The Labute approximate surface area is 113 Å². The monoisotopic (exact) mass is 282 g/mol. The summed E-state index contributed by atoms with van der Waals surface area (Å²) in [5.41, 5.74) is 1.98. The highest BCUT2D eigenvalue weighted by Gasteiger charge is 2.24. The van der Waals surface area contributed by atoms with Crippen LogP contribution in [0.15, 0.2) is 12.1 Å². The number of anilines is 1. The number of fused-ring (bicyclic) bond motifs is 1. The third-order valence-electron chi connectivity index (χ3n) is 3.06. The van der Waals surface area contributed by atoms with Crippen LogP contribution in [-0.4, -0.2) is 27.7 Å². The van der Waals surface area contributed by atoms with Crippen molar-refractivity contribution in [2.45, 2.75) is 6.42 Å². The lowest BCUT2D eigenvalue weighted by Gasteiger charge is -2.11. The Kier molecular flexibility index (Phi) is 3.15. The molecule has 18 heavy (non-hydrogen) atoms. The lowest BCUT2D eigenvalue weighted by molar-refractivity contribution is -0.119. The Morgan fingerprint density at radius 2 is 2.39 bits per heavy atom. The summed E-state index contributed by atoms with van der Waals surface area (Å²) in [6, 6.07) is 3.53. The van der Waals surface area contributed by atoms with Crippen molar-refractivity contribution in [2.75, 3.05) is 18.4 Å². The zero-order chi connectivity index (χ0) is 12.5. The van der Waals surface area contributed by atoms with E-state index in [4.69, 9.17) is 11.6 Å². The molecule has 1 aromatic heterocycles. The van der Waals surface area contributed by atoms with Crippen molar-refractivity contribution in [3.8, 4) is 0 Å². The summed E-state index contributed by atoms with van der Waals surface area (Å²) in [5, 5.41) is 6.54. The first-order valence-corrected chi connectivity index (χ1v) is 6.79. The molecule has 0 spiro atoms. The van der Waals surface area contributed by atoms with E-state index < -0.39 is 0 Å². The number of benzene rings is 1. The molecule has 3 rings (SSSR count). The van der Waals surface area contributed by atoms with Crippen molar-refractivity contribution in [1.29, 1.82) is 0 Å². The van der Waals surface area contributed by atoms with E-state index in [-0.39, 0.29) is 11.8 Å². The van der Waals surface area contributed by atoms with E-state index in [1.54, 1.807) is 12.1 Å². The minimum atomic E-state index is -0.0117. The molecule has 1 atom stereocenters. The lowest BCUT2D eigenvalue weighted by atomic mass is 10.1. The maximum Gasteiger partial charge on any atom is 0.228 e. The molecule has 5 nitrogen and oxygen atoms in total. The zero-order valence-corrected chi connectivity index (χ0v) is 11.0. The first kappa shape index (κ1) is 11.8. The number of carbonyl (C=O) groups excluding carboxylic acids is 1. The number of amides is 1. The van der Waals surface area contributed by atoms with Gasteiger partial charge in [-0.05, 0) is 25.1 Å². The van der Waals surface area contributed by atoms with Gasteiger partial charge in [-0.3, -0.25) is 4.79 Å². The molecule has 0 aliphatic carbocycles. The predicted molar refractivity (Wildman–Crippen MR) is 72.0 cm³/mol. The van der Waals surface area contributed by atoms with E-state index in [9.17, 15) is 4.79 Å². The van der Waals surface area contributed by atoms with Gasteiger partial charge in [0, 0.05) is 6.54 Å². The second-order valence-corrected chi connectivity index (χ2v) is 5.17. The van der Waals surface area contributed by atoms with Crippen molar-refractivity contribution in [2.24, 2.45) is 5.92 Å². The molecule has 1 amide bonds. The number of rotatable bonds is 2. The van der Waals surface area contributed by atoms with Crippen molar-refractivity contribution in [3.63, 3.8) is 0 Å². The Hall–Kier alpha value is -1.24. The van der Waals surface area contributed by atoms with Crippen LogP contribution in [-0.2, 0) is 4.79 Å². The number of nitrogens with one attached hydrogen (secondary N) is 2. The van der Waals surface area contributed by atoms with Crippen LogP contribution in [0.5, 0.6) is 0 Å². The lowest BCUT2D eigenvalue weighted by Crippen LogP contribution is -2.24. The fourth-order valence-corrected chi connectivity index (χ4v) is 2.79. The van der Waals surface area contributed by atoms with Crippen LogP contribution in [0.25, 0.3) is 11.0 Å². The van der Waals surface area contributed by atoms with E-state index in [1.165, 1.54) is 0 Å². The summed E-state index contributed by atoms with van der Waals surface area (Å²) in [6.07, 6.45) is 0.856. The highest BCUT2D eigenvalue weighted by molar-refractivity contribution is 7.00. The Bertz CT molecular complexity index is 594. The molecule has 1 aliphatic heterocycles. The van der Waals surface area contributed by atoms with E-state index in [2.05, 4.69) is 19.4 Å². The second-order valence-electron chi connectivity index (χ2n) is 4.23. The van der Waals surface area contributed by atoms with Gasteiger partial charge >= 0.3 is 0 Å². The SMILES string of the molecule is O=C(Nc1c(Cl)ccc2nsnc12)C1CCNC1. The van der Waals surface area contributed by atoms with Gasteiger partial charge in [0.25, 0.3) is 0 Å². The van der Waals surface area contributed by atoms with E-state index in [0.717, 1.165) is 36.8 Å². The molecule has 2 aromatic rings. The van der Waals surface area contributed by atoms with Gasteiger partial charge < -0.3 is 10.6 Å². The Morgan fingerprint density at radius 1 is 1.50 bits per heavy atom. The quantitative estimate of drug-likeness (QED) is 0.883. The molecule has 2 N–H and O–H groups in total. The van der Waals surface area contributed by atoms with Crippen molar-refractivity contribution in [3.05, 3.63) is 17.2 Å². The molecule has 0 saturated carbocycles. The number of nitrogens with zero attached hydrogens (tertiary/aromatic N) is 2. The number of hydrogen-bond donors (Lipinski definition) is 2. The maximum absolute atomic E-state index is 12.1. The minimum absolute atomic E-state index is 0.00270. The standard InChI is InChI=1S/C11H11ClN4OS/c12-7-1-2-8-10(16-18-15-8)9(7)14-11(17)6-3-4-13-5-6/h1-2,6,13H,3-5H2,(H,14,17). The Balaban J connectivity index is 1.91. The normalized spacial score (nSPS) is 19.3. The van der Waals surface area contributed by atoms with Crippen molar-refractivity contribution < 1.29 is 4.79 Å². The van der Waals surface area contributed by atoms with Crippen molar-refractivity contribution >= 4 is 46.0 Å². The van der Waals surface area contributed by atoms with Crippen LogP contribution in [0.2, 0.25) is 5.02 Å². The number of halogens is 1. The predicted octanol–water partition coefficient (Wildman–Crippen LogP) is 1.89. The molecule has 1 aliphatic rings. The van der Waals surface area contributed by atoms with Gasteiger partial charge in [0.05, 0.1) is 28.4 Å². The molecular weight excluding hydrogens is 272 g/mol. The number of aromatic nitrogens is 2. The molecule has 1 aromatic carbocycles. The molecule has 0 radical (unpaired) electrons. The highest BCUT2D eigenvalue weighted by atomic mass is 35.5. The van der Waals surface area contributed by atoms with Gasteiger partial charge in [0.1, 0.15) is 11.0 Å². The minimum Gasteiger partial charge on any atom is -0.323 e. The molecule has 94 valence electrons. The summed E-state index contributed by atoms with van der Waals surface area (Å²) in [7, 11) is 0. The summed E-state index contributed by atoms with van der Waals surface area (Å²) >= 11 is 7.23. The number of hydrogen-bond acceptors (Lipinski definition) is 5. The highest BCUT2D eigenvalue weighted by Crippen LogP contribution is 2.30. The molecule has 7 heteroatoms. The van der Waals surface area contributed by atoms with Gasteiger partial charge in [0.2, 0.25) is 5.91 Å². The zero-order valence-electron chi connectivity index (χ0n) is 9.44. The van der Waals surface area contributed by atoms with E-state index >= 15 is 0 Å². The van der Waals surface area contributed by atoms with Crippen molar-refractivity contribution in [1.82, 2.24) is 14.1 Å². The molecular formula is C11H11ClN4OS. The van der Waals surface area contributed by atoms with Crippen LogP contribution in [0.4, 0.5) is 5.69 Å². The van der Waals surface area contributed by atoms with Crippen LogP contribution in [0, 0.1) is 5.92 Å². The Morgan fingerprint density at radius 3 is 3.17 bits per heavy atom. The third-order valence-corrected chi connectivity index (χ3v) is 3.91. The topological polar surface area (TPSA) is 66.9 Å². The molecule has 1 saturated heterocycles. The van der Waals surface area contributed by atoms with Crippen LogP contribution >= 0.6 is 23.3 Å². The summed E-state index contributed by atoms with van der Waals surface area (Å²) < 4.78 is 8.31. The third kappa shape index (κ3) is 2.07. The molecule has 1 fully saturated rings. The smallest absolute Gasteiger partial charge is 0.228 e. The molecule has 0 bridgehead atoms. The fraction of sp³-hybridized carbons (Fsp3) is 0.364.